The van der Waals surface area contributed by atoms with Crippen molar-refractivity contribution in [2.75, 3.05) is 12.0 Å². The van der Waals surface area contributed by atoms with E-state index in [4.69, 9.17) is 4.74 Å². The van der Waals surface area contributed by atoms with E-state index in [1.165, 1.54) is 0 Å². The lowest BCUT2D eigenvalue weighted by molar-refractivity contribution is 0.0666. The van der Waals surface area contributed by atoms with Gasteiger partial charge in [0.05, 0.1) is 13.2 Å². The van der Waals surface area contributed by atoms with Crippen LogP contribution in [0.3, 0.4) is 0 Å². The number of nitrogens with zero attached hydrogens (tertiary/aromatic N) is 1. The Morgan fingerprint density at radius 1 is 0.825 bits per heavy atom. The molecule has 0 unspecified atom stereocenters. The Kier molecular flexibility index (Phi) is 5.39. The van der Waals surface area contributed by atoms with E-state index in [0.717, 1.165) is 22.4 Å². The first kappa shape index (κ1) is 24.3. The zero-order valence-corrected chi connectivity index (χ0v) is 22.2. The molecule has 4 aromatic carbocycles. The predicted octanol–water partition coefficient (Wildman–Crippen LogP) is 6.32. The Balaban J connectivity index is 1.54. The van der Waals surface area contributed by atoms with Gasteiger partial charge in [0.25, 0.3) is 0 Å². The van der Waals surface area contributed by atoms with Gasteiger partial charge in [0.1, 0.15) is 17.2 Å². The fourth-order valence-electron chi connectivity index (χ4n) is 7.01. The highest BCUT2D eigenvalue weighted by atomic mass is 16.5. The Labute approximate surface area is 232 Å². The van der Waals surface area contributed by atoms with Gasteiger partial charge in [0.2, 0.25) is 0 Å². The summed E-state index contributed by atoms with van der Waals surface area (Å²) in [6, 6.07) is 28.4. The van der Waals surface area contributed by atoms with Crippen LogP contribution in [0.15, 0.2) is 103 Å². The molecule has 5 heteroatoms. The maximum absolute atomic E-state index is 14.7. The number of ketones is 3. The van der Waals surface area contributed by atoms with E-state index in [1.54, 1.807) is 55.6 Å². The Morgan fingerprint density at radius 3 is 2.20 bits per heavy atom. The number of hydrogen-bond acceptors (Lipinski definition) is 5. The molecule has 1 spiro atoms. The molecule has 0 saturated carbocycles. The molecular weight excluding hydrogens is 498 g/mol. The highest BCUT2D eigenvalue weighted by Crippen LogP contribution is 2.61. The van der Waals surface area contributed by atoms with Crippen molar-refractivity contribution in [2.45, 2.75) is 24.9 Å². The SMILES string of the molecule is COc1cccc(C(=O)[C@H]2[C@H](c3ccc(C)cc3)C3(C(=O)c4ccccc4C3=O)[C@@H]3C=Cc4ccccc4N32)c1. The van der Waals surface area contributed by atoms with E-state index in [0.29, 0.717) is 22.4 Å². The van der Waals surface area contributed by atoms with Crippen molar-refractivity contribution in [3.05, 3.63) is 137 Å². The molecule has 3 aliphatic rings. The second kappa shape index (κ2) is 8.88. The molecule has 0 bridgehead atoms. The van der Waals surface area contributed by atoms with E-state index in [9.17, 15) is 14.4 Å². The summed E-state index contributed by atoms with van der Waals surface area (Å²) in [6.45, 7) is 2.00. The Hall–Kier alpha value is -4.77. The van der Waals surface area contributed by atoms with E-state index in [1.807, 2.05) is 72.5 Å². The fourth-order valence-corrected chi connectivity index (χ4v) is 7.01. The molecule has 40 heavy (non-hydrogen) atoms. The van der Waals surface area contributed by atoms with Crippen LogP contribution in [0.5, 0.6) is 5.75 Å². The maximum Gasteiger partial charge on any atom is 0.186 e. The lowest BCUT2D eigenvalue weighted by Crippen LogP contribution is -2.48. The van der Waals surface area contributed by atoms with Crippen LogP contribution in [0.2, 0.25) is 0 Å². The van der Waals surface area contributed by atoms with Crippen LogP contribution < -0.4 is 9.64 Å². The third-order valence-corrected chi connectivity index (χ3v) is 8.77. The molecule has 1 aliphatic carbocycles. The first-order chi connectivity index (χ1) is 19.5. The minimum absolute atomic E-state index is 0.159. The van der Waals surface area contributed by atoms with Gasteiger partial charge in [-0.05, 0) is 36.2 Å². The van der Waals surface area contributed by atoms with Gasteiger partial charge >= 0.3 is 0 Å². The summed E-state index contributed by atoms with van der Waals surface area (Å²) in [5, 5.41) is 0. The average Bonchev–Trinajstić information content (AvgIpc) is 3.43. The number of rotatable bonds is 4. The second-order valence-electron chi connectivity index (χ2n) is 10.8. The third-order valence-electron chi connectivity index (χ3n) is 8.77. The Bertz CT molecular complexity index is 1700. The molecule has 2 aliphatic heterocycles. The summed E-state index contributed by atoms with van der Waals surface area (Å²) in [5.41, 5.74) is 3.45. The summed E-state index contributed by atoms with van der Waals surface area (Å²) in [5.74, 6) is -0.758. The smallest absolute Gasteiger partial charge is 0.186 e. The zero-order valence-electron chi connectivity index (χ0n) is 22.2. The number of aryl methyl sites for hydroxylation is 1. The number of Topliss-reactive ketones (excluding diaryl/α,β-unsaturated/α-hetero) is 3. The van der Waals surface area contributed by atoms with E-state index in [2.05, 4.69) is 0 Å². The standard InChI is InChI=1S/C35H27NO4/c1-21-14-16-23(17-15-21)30-31(32(37)24-9-7-10-25(20-24)40-2)36-28-13-6-3-8-22(28)18-19-29(36)35(30)33(38)26-11-4-5-12-27(26)34(35)39/h3-20,29-31H,1-2H3/t29-,30-,31+/m0/s1. The summed E-state index contributed by atoms with van der Waals surface area (Å²) >= 11 is 0. The summed E-state index contributed by atoms with van der Waals surface area (Å²) in [7, 11) is 1.57. The summed E-state index contributed by atoms with van der Waals surface area (Å²) < 4.78 is 5.44. The van der Waals surface area contributed by atoms with Crippen molar-refractivity contribution < 1.29 is 19.1 Å². The molecule has 0 amide bonds. The summed E-state index contributed by atoms with van der Waals surface area (Å²) in [4.78, 5) is 46.0. The molecule has 3 atom stereocenters. The average molecular weight is 526 g/mol. The van der Waals surface area contributed by atoms with Crippen LogP contribution in [-0.4, -0.2) is 36.5 Å². The minimum atomic E-state index is -1.50. The highest BCUT2D eigenvalue weighted by Gasteiger charge is 2.71. The van der Waals surface area contributed by atoms with Crippen LogP contribution in [0.25, 0.3) is 6.08 Å². The van der Waals surface area contributed by atoms with Gasteiger partial charge in [-0.2, -0.15) is 0 Å². The van der Waals surface area contributed by atoms with Crippen molar-refractivity contribution >= 4 is 29.1 Å². The van der Waals surface area contributed by atoms with Crippen LogP contribution in [0.4, 0.5) is 5.69 Å². The Morgan fingerprint density at radius 2 is 1.50 bits per heavy atom. The van der Waals surface area contributed by atoms with Crippen molar-refractivity contribution in [2.24, 2.45) is 5.41 Å². The van der Waals surface area contributed by atoms with Gasteiger partial charge < -0.3 is 9.64 Å². The lowest BCUT2D eigenvalue weighted by Gasteiger charge is -2.37. The number of ether oxygens (including phenoxy) is 1. The minimum Gasteiger partial charge on any atom is -0.497 e. The quantitative estimate of drug-likeness (QED) is 0.231. The number of fused-ring (bicyclic) bond motifs is 5. The number of para-hydroxylation sites is 1. The van der Waals surface area contributed by atoms with E-state index in [-0.39, 0.29) is 17.3 Å². The van der Waals surface area contributed by atoms with Gasteiger partial charge in [-0.1, -0.05) is 96.6 Å². The molecule has 5 nitrogen and oxygen atoms in total. The number of hydrogen-bond donors (Lipinski definition) is 0. The van der Waals surface area contributed by atoms with Gasteiger partial charge in [-0.15, -0.1) is 0 Å². The highest BCUT2D eigenvalue weighted by molar-refractivity contribution is 6.32. The maximum atomic E-state index is 14.7. The largest absolute Gasteiger partial charge is 0.497 e. The molecule has 0 N–H and O–H groups in total. The summed E-state index contributed by atoms with van der Waals surface area (Å²) in [6.07, 6.45) is 3.93. The topological polar surface area (TPSA) is 63.7 Å². The van der Waals surface area contributed by atoms with Gasteiger partial charge in [-0.25, -0.2) is 0 Å². The van der Waals surface area contributed by atoms with Crippen LogP contribution >= 0.6 is 0 Å². The molecule has 1 saturated heterocycles. The van der Waals surface area contributed by atoms with Crippen molar-refractivity contribution in [1.82, 2.24) is 0 Å². The van der Waals surface area contributed by atoms with Crippen LogP contribution in [0, 0.1) is 12.3 Å². The zero-order chi connectivity index (χ0) is 27.6. The van der Waals surface area contributed by atoms with Gasteiger partial charge in [0, 0.05) is 28.3 Å². The van der Waals surface area contributed by atoms with Gasteiger partial charge in [0.15, 0.2) is 17.3 Å². The van der Waals surface area contributed by atoms with Crippen molar-refractivity contribution in [1.29, 1.82) is 0 Å². The molecule has 4 aromatic rings. The number of anilines is 1. The normalized spacial score (nSPS) is 21.8. The second-order valence-corrected chi connectivity index (χ2v) is 10.8. The molecule has 2 heterocycles. The molecule has 7 rings (SSSR count). The van der Waals surface area contributed by atoms with E-state index < -0.39 is 23.4 Å². The van der Waals surface area contributed by atoms with Crippen molar-refractivity contribution in [3.63, 3.8) is 0 Å². The fraction of sp³-hybridized carbons (Fsp3) is 0.171. The van der Waals surface area contributed by atoms with Crippen LogP contribution in [0.1, 0.15) is 53.7 Å². The molecule has 0 radical (unpaired) electrons. The first-order valence-corrected chi connectivity index (χ1v) is 13.5. The first-order valence-electron chi connectivity index (χ1n) is 13.5. The monoisotopic (exact) mass is 525 g/mol. The third kappa shape index (κ3) is 3.18. The molecule has 196 valence electrons. The number of benzene rings is 4. The molecular formula is C35H27NO4. The number of carbonyl (C=O) groups excluding carboxylic acids is 3. The van der Waals surface area contributed by atoms with E-state index >= 15 is 0 Å². The number of carbonyl (C=O) groups is 3. The van der Waals surface area contributed by atoms with Crippen molar-refractivity contribution in [3.8, 4) is 5.75 Å². The number of methoxy groups -OCH3 is 1. The van der Waals surface area contributed by atoms with Crippen LogP contribution in [-0.2, 0) is 0 Å². The molecule has 1 fully saturated rings. The molecule has 0 aromatic heterocycles. The van der Waals surface area contributed by atoms with Gasteiger partial charge in [-0.3, -0.25) is 14.4 Å². The lowest BCUT2D eigenvalue weighted by atomic mass is 9.64. The predicted molar refractivity (Wildman–Crippen MR) is 154 cm³/mol.